The van der Waals surface area contributed by atoms with E-state index in [2.05, 4.69) is 15.3 Å². The van der Waals surface area contributed by atoms with E-state index in [0.717, 1.165) is 0 Å². The summed E-state index contributed by atoms with van der Waals surface area (Å²) in [5, 5.41) is 23.6. The summed E-state index contributed by atoms with van der Waals surface area (Å²) >= 11 is 0. The lowest BCUT2D eigenvalue weighted by molar-refractivity contribution is -0.383. The molecule has 2 heterocycles. The maximum absolute atomic E-state index is 13.3. The molecule has 1 aliphatic heterocycles. The van der Waals surface area contributed by atoms with E-state index in [0.29, 0.717) is 31.5 Å². The van der Waals surface area contributed by atoms with E-state index in [1.807, 2.05) is 0 Å². The number of nitrogens with one attached hydrogen (secondary N) is 1. The molecule has 1 aromatic carbocycles. The van der Waals surface area contributed by atoms with Gasteiger partial charge in [-0.25, -0.2) is 14.4 Å². The van der Waals surface area contributed by atoms with E-state index in [9.17, 15) is 19.3 Å². The fraction of sp³-hybridized carbons (Fsp3) is 0.353. The van der Waals surface area contributed by atoms with Crippen LogP contribution in [0.15, 0.2) is 30.6 Å². The number of nitrogens with zero attached hydrogens (tertiary/aromatic N) is 4. The Morgan fingerprint density at radius 1 is 1.37 bits per heavy atom. The van der Waals surface area contributed by atoms with Gasteiger partial charge < -0.3 is 15.3 Å². The van der Waals surface area contributed by atoms with Gasteiger partial charge in [0.05, 0.1) is 10.8 Å². The molecule has 3 rings (SSSR count). The number of carbonyl (C=O) groups is 1. The van der Waals surface area contributed by atoms with Crippen molar-refractivity contribution in [2.75, 3.05) is 23.3 Å². The molecular weight excluding hydrogens is 357 g/mol. The third-order valence-electron chi connectivity index (χ3n) is 4.48. The first-order chi connectivity index (χ1) is 13.0. The number of carboxylic acid groups (broad SMARTS) is 1. The van der Waals surface area contributed by atoms with Gasteiger partial charge >= 0.3 is 11.7 Å². The Balaban J connectivity index is 1.80. The van der Waals surface area contributed by atoms with Gasteiger partial charge in [0.1, 0.15) is 12.1 Å². The average molecular weight is 375 g/mol. The molecular formula is C17H18FN5O4. The number of anilines is 2. The van der Waals surface area contributed by atoms with Crippen molar-refractivity contribution in [3.05, 3.63) is 52.1 Å². The molecule has 9 nitrogen and oxygen atoms in total. The number of aliphatic carboxylic acids is 1. The van der Waals surface area contributed by atoms with Crippen LogP contribution >= 0.6 is 0 Å². The molecule has 2 N–H and O–H groups in total. The van der Waals surface area contributed by atoms with E-state index in [-0.39, 0.29) is 23.9 Å². The Morgan fingerprint density at radius 2 is 2.11 bits per heavy atom. The molecule has 1 aliphatic rings. The molecule has 0 amide bonds. The van der Waals surface area contributed by atoms with Crippen LogP contribution in [0.3, 0.4) is 0 Å². The second-order valence-electron chi connectivity index (χ2n) is 6.23. The van der Waals surface area contributed by atoms with Crippen LogP contribution in [0, 0.1) is 21.8 Å². The Bertz CT molecular complexity index is 855. The fourth-order valence-electron chi connectivity index (χ4n) is 3.07. The first-order valence-corrected chi connectivity index (χ1v) is 8.41. The van der Waals surface area contributed by atoms with Crippen molar-refractivity contribution >= 4 is 23.3 Å². The van der Waals surface area contributed by atoms with Gasteiger partial charge in [-0.1, -0.05) is 12.1 Å². The number of hydrogen-bond donors (Lipinski definition) is 2. The number of piperidine rings is 1. The molecule has 1 fully saturated rings. The quantitative estimate of drug-likeness (QED) is 0.583. The molecule has 0 spiro atoms. The lowest BCUT2D eigenvalue weighted by Gasteiger charge is -2.30. The van der Waals surface area contributed by atoms with Crippen molar-refractivity contribution in [2.24, 2.45) is 5.92 Å². The van der Waals surface area contributed by atoms with Crippen LogP contribution < -0.4 is 10.2 Å². The minimum atomic E-state index is -0.857. The summed E-state index contributed by atoms with van der Waals surface area (Å²) in [6, 6.07) is 5.90. The molecule has 0 radical (unpaired) electrons. The highest BCUT2D eigenvalue weighted by Crippen LogP contribution is 2.34. The van der Waals surface area contributed by atoms with Gasteiger partial charge in [0.25, 0.3) is 0 Å². The second-order valence-corrected chi connectivity index (χ2v) is 6.23. The molecule has 1 aromatic heterocycles. The van der Waals surface area contributed by atoms with Crippen molar-refractivity contribution in [3.63, 3.8) is 0 Å². The van der Waals surface area contributed by atoms with Crippen LogP contribution in [-0.4, -0.2) is 39.1 Å². The van der Waals surface area contributed by atoms with Crippen LogP contribution in [0.5, 0.6) is 0 Å². The normalized spacial score (nSPS) is 14.8. The van der Waals surface area contributed by atoms with Crippen LogP contribution in [0.25, 0.3) is 0 Å². The van der Waals surface area contributed by atoms with Crippen LogP contribution in [0.4, 0.5) is 21.7 Å². The van der Waals surface area contributed by atoms with E-state index in [4.69, 9.17) is 5.11 Å². The largest absolute Gasteiger partial charge is 0.481 e. The minimum Gasteiger partial charge on any atom is -0.481 e. The first kappa shape index (κ1) is 18.5. The molecule has 0 aliphatic carbocycles. The van der Waals surface area contributed by atoms with Crippen LogP contribution in [-0.2, 0) is 11.3 Å². The number of benzene rings is 1. The zero-order chi connectivity index (χ0) is 19.4. The van der Waals surface area contributed by atoms with Crippen molar-refractivity contribution in [1.82, 2.24) is 9.97 Å². The monoisotopic (exact) mass is 375 g/mol. The Kier molecular flexibility index (Phi) is 5.43. The van der Waals surface area contributed by atoms with Gasteiger partial charge in [0.15, 0.2) is 0 Å². The van der Waals surface area contributed by atoms with Crippen molar-refractivity contribution < 1.29 is 19.2 Å². The molecule has 2 aromatic rings. The number of aromatic nitrogens is 2. The van der Waals surface area contributed by atoms with E-state index in [1.54, 1.807) is 17.0 Å². The smallest absolute Gasteiger partial charge is 0.353 e. The minimum absolute atomic E-state index is 0.0367. The predicted octanol–water partition coefficient (Wildman–Crippen LogP) is 2.44. The third-order valence-corrected chi connectivity index (χ3v) is 4.48. The maximum Gasteiger partial charge on any atom is 0.353 e. The zero-order valence-corrected chi connectivity index (χ0v) is 14.3. The van der Waals surface area contributed by atoms with Gasteiger partial charge in [-0.15, -0.1) is 0 Å². The average Bonchev–Trinajstić information content (AvgIpc) is 2.66. The highest BCUT2D eigenvalue weighted by atomic mass is 19.1. The molecule has 142 valence electrons. The van der Waals surface area contributed by atoms with E-state index < -0.39 is 22.6 Å². The summed E-state index contributed by atoms with van der Waals surface area (Å²) in [6.07, 6.45) is 2.00. The van der Waals surface area contributed by atoms with Crippen molar-refractivity contribution in [2.45, 2.75) is 19.4 Å². The summed E-state index contributed by atoms with van der Waals surface area (Å²) < 4.78 is 13.3. The standard InChI is InChI=1S/C17H18FN5O4/c18-13-3-1-2-11(8-13)9-19-15-14(23(26)27)16(21-10-20-15)22-6-4-12(5-7-22)17(24)25/h1-3,8,10,12H,4-7,9H2,(H,24,25)(H,19,20,21). The lowest BCUT2D eigenvalue weighted by atomic mass is 9.97. The van der Waals surface area contributed by atoms with Crippen LogP contribution in [0.2, 0.25) is 0 Å². The summed E-state index contributed by atoms with van der Waals surface area (Å²) in [6.45, 7) is 0.881. The summed E-state index contributed by atoms with van der Waals surface area (Å²) in [5.41, 5.74) is 0.342. The van der Waals surface area contributed by atoms with E-state index in [1.165, 1.54) is 18.5 Å². The molecule has 0 bridgehead atoms. The SMILES string of the molecule is O=C(O)C1CCN(c2ncnc(NCc3cccc(F)c3)c2[N+](=O)[O-])CC1. The molecule has 0 unspecified atom stereocenters. The van der Waals surface area contributed by atoms with Gasteiger partial charge in [-0.3, -0.25) is 14.9 Å². The van der Waals surface area contributed by atoms with Crippen molar-refractivity contribution in [1.29, 1.82) is 0 Å². The van der Waals surface area contributed by atoms with E-state index >= 15 is 0 Å². The van der Waals surface area contributed by atoms with Gasteiger partial charge in [0, 0.05) is 19.6 Å². The fourth-order valence-corrected chi connectivity index (χ4v) is 3.07. The Hall–Kier alpha value is -3.30. The summed E-state index contributed by atoms with van der Waals surface area (Å²) in [5.74, 6) is -1.51. The number of halogens is 1. The molecule has 1 saturated heterocycles. The number of carboxylic acids is 1. The first-order valence-electron chi connectivity index (χ1n) is 8.41. The number of rotatable bonds is 6. The lowest BCUT2D eigenvalue weighted by Crippen LogP contribution is -2.37. The Labute approximate surface area is 154 Å². The highest BCUT2D eigenvalue weighted by Gasteiger charge is 2.31. The predicted molar refractivity (Wildman–Crippen MR) is 95.0 cm³/mol. The zero-order valence-electron chi connectivity index (χ0n) is 14.3. The highest BCUT2D eigenvalue weighted by molar-refractivity contribution is 5.72. The Morgan fingerprint density at radius 3 is 2.74 bits per heavy atom. The van der Waals surface area contributed by atoms with Crippen LogP contribution in [0.1, 0.15) is 18.4 Å². The summed E-state index contributed by atoms with van der Waals surface area (Å²) in [7, 11) is 0. The molecule has 0 saturated carbocycles. The summed E-state index contributed by atoms with van der Waals surface area (Å²) in [4.78, 5) is 31.9. The molecule has 0 atom stereocenters. The molecule has 27 heavy (non-hydrogen) atoms. The van der Waals surface area contributed by atoms with Gasteiger partial charge in [-0.05, 0) is 30.5 Å². The second kappa shape index (κ2) is 7.94. The maximum atomic E-state index is 13.3. The number of hydrogen-bond acceptors (Lipinski definition) is 7. The third kappa shape index (κ3) is 4.27. The van der Waals surface area contributed by atoms with Crippen molar-refractivity contribution in [3.8, 4) is 0 Å². The topological polar surface area (TPSA) is 121 Å². The number of nitro groups is 1. The molecule has 10 heteroatoms. The van der Waals surface area contributed by atoms with Gasteiger partial charge in [0.2, 0.25) is 11.6 Å². The van der Waals surface area contributed by atoms with Gasteiger partial charge in [-0.2, -0.15) is 0 Å².